The summed E-state index contributed by atoms with van der Waals surface area (Å²) in [5, 5.41) is -1.22. The first kappa shape index (κ1) is 17.2. The van der Waals surface area contributed by atoms with Crippen molar-refractivity contribution in [2.45, 2.75) is 6.18 Å². The molecular formula is C9H9BrF3NO4S2. The molecule has 1 rings (SSSR count). The smallest absolute Gasteiger partial charge is 0.282 e. The van der Waals surface area contributed by atoms with Gasteiger partial charge >= 0.3 is 6.18 Å². The summed E-state index contributed by atoms with van der Waals surface area (Å²) in [4.78, 5) is 0. The quantitative estimate of drug-likeness (QED) is 0.847. The molecule has 0 spiro atoms. The number of rotatable bonds is 4. The standard InChI is InChI=1S/C9H9BrF3NO4S2/c1-19(15,16)5-20(17,18)14-8-4-6(9(11,12)13)2-3-7(8)10/h2-4,14H,5H2,1H3. The van der Waals surface area contributed by atoms with Crippen molar-refractivity contribution in [1.29, 1.82) is 0 Å². The second-order valence-corrected chi connectivity index (χ2v) is 9.04. The molecule has 0 aliphatic heterocycles. The van der Waals surface area contributed by atoms with Gasteiger partial charge in [0.2, 0.25) is 10.0 Å². The van der Waals surface area contributed by atoms with E-state index < -0.39 is 36.7 Å². The Hall–Kier alpha value is -0.810. The molecule has 0 unspecified atom stereocenters. The van der Waals surface area contributed by atoms with Crippen LogP contribution < -0.4 is 4.72 Å². The Kier molecular flexibility index (Phi) is 4.76. The first-order valence-electron chi connectivity index (χ1n) is 4.85. The molecule has 0 saturated heterocycles. The first-order chi connectivity index (χ1) is 8.80. The molecule has 0 heterocycles. The van der Waals surface area contributed by atoms with Crippen molar-refractivity contribution in [3.63, 3.8) is 0 Å². The highest BCUT2D eigenvalue weighted by Crippen LogP contribution is 2.34. The molecule has 11 heteroatoms. The minimum atomic E-state index is -4.64. The lowest BCUT2D eigenvalue weighted by Crippen LogP contribution is -2.22. The number of hydrogen-bond donors (Lipinski definition) is 1. The lowest BCUT2D eigenvalue weighted by Gasteiger charge is -2.12. The van der Waals surface area contributed by atoms with Crippen LogP contribution in [0.4, 0.5) is 18.9 Å². The Morgan fingerprint density at radius 1 is 1.20 bits per heavy atom. The molecule has 0 radical (unpaired) electrons. The van der Waals surface area contributed by atoms with Crippen LogP contribution in [0.1, 0.15) is 5.56 Å². The van der Waals surface area contributed by atoms with Crippen LogP contribution in [-0.4, -0.2) is 28.2 Å². The monoisotopic (exact) mass is 395 g/mol. The zero-order chi connectivity index (χ0) is 15.8. The van der Waals surface area contributed by atoms with E-state index in [1.165, 1.54) is 0 Å². The van der Waals surface area contributed by atoms with Crippen molar-refractivity contribution in [3.05, 3.63) is 28.2 Å². The molecule has 0 saturated carbocycles. The van der Waals surface area contributed by atoms with Crippen LogP contribution in [-0.2, 0) is 26.0 Å². The molecule has 20 heavy (non-hydrogen) atoms. The molecule has 1 aromatic rings. The van der Waals surface area contributed by atoms with E-state index in [1.807, 2.05) is 0 Å². The summed E-state index contributed by atoms with van der Waals surface area (Å²) < 4.78 is 84.4. The van der Waals surface area contributed by atoms with Crippen LogP contribution in [0.5, 0.6) is 0 Å². The number of sulfone groups is 1. The molecule has 0 aromatic heterocycles. The average Bonchev–Trinajstić information content (AvgIpc) is 2.15. The van der Waals surface area contributed by atoms with E-state index in [2.05, 4.69) is 15.9 Å². The fourth-order valence-electron chi connectivity index (χ4n) is 1.26. The summed E-state index contributed by atoms with van der Waals surface area (Å²) in [6, 6.07) is 2.35. The van der Waals surface area contributed by atoms with Gasteiger partial charge in [-0.2, -0.15) is 13.2 Å². The number of alkyl halides is 3. The highest BCUT2D eigenvalue weighted by atomic mass is 79.9. The number of halogens is 4. The maximum atomic E-state index is 12.5. The SMILES string of the molecule is CS(=O)(=O)CS(=O)(=O)Nc1cc(C(F)(F)F)ccc1Br. The highest BCUT2D eigenvalue weighted by Gasteiger charge is 2.31. The van der Waals surface area contributed by atoms with Crippen molar-refractivity contribution in [2.24, 2.45) is 0 Å². The second-order valence-electron chi connectivity index (χ2n) is 3.95. The van der Waals surface area contributed by atoms with E-state index in [-0.39, 0.29) is 10.2 Å². The van der Waals surface area contributed by atoms with Gasteiger partial charge < -0.3 is 0 Å². The molecule has 0 amide bonds. The number of sulfonamides is 1. The van der Waals surface area contributed by atoms with Crippen molar-refractivity contribution in [3.8, 4) is 0 Å². The topological polar surface area (TPSA) is 80.3 Å². The number of anilines is 1. The summed E-state index contributed by atoms with van der Waals surface area (Å²) in [7, 11) is -8.15. The van der Waals surface area contributed by atoms with E-state index in [1.54, 1.807) is 4.72 Å². The maximum Gasteiger partial charge on any atom is 0.416 e. The third kappa shape index (κ3) is 5.29. The lowest BCUT2D eigenvalue weighted by atomic mass is 10.2. The van der Waals surface area contributed by atoms with Crippen LogP contribution in [0.2, 0.25) is 0 Å². The van der Waals surface area contributed by atoms with Crippen molar-refractivity contribution in [2.75, 3.05) is 16.1 Å². The highest BCUT2D eigenvalue weighted by molar-refractivity contribution is 9.10. The predicted molar refractivity (Wildman–Crippen MR) is 71.4 cm³/mol. The zero-order valence-electron chi connectivity index (χ0n) is 9.90. The van der Waals surface area contributed by atoms with Gasteiger partial charge in [-0.3, -0.25) is 4.72 Å². The summed E-state index contributed by atoms with van der Waals surface area (Å²) in [6.45, 7) is 0. The molecule has 114 valence electrons. The Labute approximate surface area is 122 Å². The van der Waals surface area contributed by atoms with Crippen LogP contribution in [0.25, 0.3) is 0 Å². The third-order valence-electron chi connectivity index (χ3n) is 1.93. The molecule has 0 aliphatic rings. The molecule has 0 fully saturated rings. The molecular weight excluding hydrogens is 387 g/mol. The summed E-state index contributed by atoms with van der Waals surface area (Å²) in [5.41, 5.74) is -1.44. The van der Waals surface area contributed by atoms with Gasteiger partial charge in [-0.15, -0.1) is 0 Å². The van der Waals surface area contributed by atoms with Crippen LogP contribution >= 0.6 is 15.9 Å². The van der Waals surface area contributed by atoms with E-state index >= 15 is 0 Å². The number of nitrogens with one attached hydrogen (secondary N) is 1. The third-order valence-corrected chi connectivity index (χ3v) is 6.10. The van der Waals surface area contributed by atoms with Gasteiger partial charge in [-0.1, -0.05) is 0 Å². The second kappa shape index (κ2) is 5.53. The molecule has 0 bridgehead atoms. The van der Waals surface area contributed by atoms with Crippen LogP contribution in [0.3, 0.4) is 0 Å². The zero-order valence-corrected chi connectivity index (χ0v) is 13.1. The minimum Gasteiger partial charge on any atom is -0.282 e. The van der Waals surface area contributed by atoms with Gasteiger partial charge in [0.1, 0.15) is 0 Å². The Morgan fingerprint density at radius 2 is 1.75 bits per heavy atom. The number of benzene rings is 1. The van der Waals surface area contributed by atoms with Gasteiger partial charge in [0, 0.05) is 10.7 Å². The Morgan fingerprint density at radius 3 is 2.20 bits per heavy atom. The van der Waals surface area contributed by atoms with Crippen molar-refractivity contribution >= 4 is 41.5 Å². The summed E-state index contributed by atoms with van der Waals surface area (Å²) >= 11 is 2.89. The summed E-state index contributed by atoms with van der Waals surface area (Å²) in [5.74, 6) is 0. The van der Waals surface area contributed by atoms with E-state index in [0.29, 0.717) is 12.3 Å². The van der Waals surface area contributed by atoms with Crippen molar-refractivity contribution in [1.82, 2.24) is 0 Å². The number of hydrogen-bond acceptors (Lipinski definition) is 4. The van der Waals surface area contributed by atoms with E-state index in [4.69, 9.17) is 0 Å². The van der Waals surface area contributed by atoms with Gasteiger partial charge in [-0.05, 0) is 34.1 Å². The fourth-order valence-corrected chi connectivity index (χ4v) is 4.73. The van der Waals surface area contributed by atoms with Gasteiger partial charge in [0.05, 0.1) is 11.3 Å². The molecule has 1 N–H and O–H groups in total. The molecule has 0 aliphatic carbocycles. The summed E-state index contributed by atoms with van der Waals surface area (Å²) in [6.07, 6.45) is -3.94. The Bertz CT molecular complexity index is 713. The largest absolute Gasteiger partial charge is 0.416 e. The Balaban J connectivity index is 3.16. The normalized spacial score (nSPS) is 13.2. The molecule has 0 atom stereocenters. The molecule has 5 nitrogen and oxygen atoms in total. The van der Waals surface area contributed by atoms with E-state index in [9.17, 15) is 30.0 Å². The average molecular weight is 396 g/mol. The van der Waals surface area contributed by atoms with Crippen molar-refractivity contribution < 1.29 is 30.0 Å². The van der Waals surface area contributed by atoms with Gasteiger partial charge in [0.25, 0.3) is 0 Å². The van der Waals surface area contributed by atoms with Crippen LogP contribution in [0.15, 0.2) is 22.7 Å². The fraction of sp³-hybridized carbons (Fsp3) is 0.333. The lowest BCUT2D eigenvalue weighted by molar-refractivity contribution is -0.137. The van der Waals surface area contributed by atoms with Gasteiger partial charge in [0.15, 0.2) is 14.9 Å². The predicted octanol–water partition coefficient (Wildman–Crippen LogP) is 2.21. The first-order valence-corrected chi connectivity index (χ1v) is 9.36. The molecule has 1 aromatic carbocycles. The van der Waals surface area contributed by atoms with E-state index in [0.717, 1.165) is 12.1 Å². The minimum absolute atomic E-state index is 0.0579. The van der Waals surface area contributed by atoms with Crippen LogP contribution in [0, 0.1) is 0 Å². The maximum absolute atomic E-state index is 12.5. The van der Waals surface area contributed by atoms with Gasteiger partial charge in [-0.25, -0.2) is 16.8 Å².